The summed E-state index contributed by atoms with van der Waals surface area (Å²) in [5, 5.41) is 18.6. The van der Waals surface area contributed by atoms with E-state index in [-0.39, 0.29) is 0 Å². The molecule has 0 aromatic heterocycles. The molecule has 0 aliphatic carbocycles. The Labute approximate surface area is 105 Å². The molecular weight excluding hydrogens is 244 g/mol. The first-order chi connectivity index (χ1) is 8.34. The van der Waals surface area contributed by atoms with Crippen molar-refractivity contribution >= 4 is 5.97 Å². The first kappa shape index (κ1) is 13.7. The quantitative estimate of drug-likeness (QED) is 0.639. The normalized spacial score (nSPS) is 39.4. The molecule has 0 radical (unpaired) electrons. The Balaban J connectivity index is 2.14. The molecule has 0 saturated carbocycles. The minimum absolute atomic E-state index is 0.495. The van der Waals surface area contributed by atoms with E-state index in [1.54, 1.807) is 13.8 Å². The molecule has 2 N–H and O–H groups in total. The number of carbonyl (C=O) groups excluding carboxylic acids is 1. The van der Waals surface area contributed by atoms with Crippen LogP contribution in [0.1, 0.15) is 20.8 Å². The molecule has 0 bridgehead atoms. The van der Waals surface area contributed by atoms with Gasteiger partial charge >= 0.3 is 5.97 Å². The highest BCUT2D eigenvalue weighted by molar-refractivity contribution is 5.66. The van der Waals surface area contributed by atoms with Crippen molar-refractivity contribution in [1.82, 2.24) is 0 Å². The van der Waals surface area contributed by atoms with E-state index in [2.05, 4.69) is 0 Å². The highest BCUT2D eigenvalue weighted by atomic mass is 16.8. The van der Waals surface area contributed by atoms with E-state index in [0.29, 0.717) is 0 Å². The average Bonchev–Trinajstić information content (AvgIpc) is 2.71. The molecule has 18 heavy (non-hydrogen) atoms. The summed E-state index contributed by atoms with van der Waals surface area (Å²) < 4.78 is 21.6. The van der Waals surface area contributed by atoms with Crippen LogP contribution in [0.2, 0.25) is 0 Å². The van der Waals surface area contributed by atoms with E-state index < -0.39 is 49.1 Å². The van der Waals surface area contributed by atoms with Crippen LogP contribution in [-0.2, 0) is 23.7 Å². The van der Waals surface area contributed by atoms with E-state index in [4.69, 9.17) is 24.1 Å². The fourth-order valence-electron chi connectivity index (χ4n) is 2.24. The topological polar surface area (TPSA) is 94.5 Å². The summed E-state index contributed by atoms with van der Waals surface area (Å²) in [6.07, 6.45) is -4.12. The summed E-state index contributed by atoms with van der Waals surface area (Å²) in [6, 6.07) is 0. The van der Waals surface area contributed by atoms with Crippen LogP contribution in [-0.4, -0.2) is 59.3 Å². The Morgan fingerprint density at radius 2 is 2.11 bits per heavy atom. The number of ether oxygens (including phenoxy) is 4. The Bertz CT molecular complexity index is 329. The Kier molecular flexibility index (Phi) is 3.61. The lowest BCUT2D eigenvalue weighted by molar-refractivity contribution is -0.230. The highest BCUT2D eigenvalue weighted by Crippen LogP contribution is 2.39. The number of fused-ring (bicyclic) bond motifs is 1. The van der Waals surface area contributed by atoms with Crippen LogP contribution in [0.5, 0.6) is 0 Å². The van der Waals surface area contributed by atoms with Gasteiger partial charge in [0, 0.05) is 6.92 Å². The zero-order chi connectivity index (χ0) is 13.5. The Morgan fingerprint density at radius 3 is 2.67 bits per heavy atom. The smallest absolute Gasteiger partial charge is 0.303 e. The Morgan fingerprint density at radius 1 is 1.44 bits per heavy atom. The van der Waals surface area contributed by atoms with Crippen LogP contribution in [0.15, 0.2) is 0 Å². The van der Waals surface area contributed by atoms with Gasteiger partial charge in [0.05, 0.1) is 6.61 Å². The van der Waals surface area contributed by atoms with Crippen molar-refractivity contribution in [1.29, 1.82) is 0 Å². The standard InChI is InChI=1S/C11H18O7/c1-5(13)15-8-7(6(14)4-12)16-10-9(8)17-11(2,3)18-10/h6-10,12,14H,4H2,1-3H3/t6-,7+,8-,9+,10-/m1/s1. The summed E-state index contributed by atoms with van der Waals surface area (Å²) in [5.74, 6) is -1.34. The average molecular weight is 262 g/mol. The largest absolute Gasteiger partial charge is 0.457 e. The van der Waals surface area contributed by atoms with Gasteiger partial charge in [0.25, 0.3) is 0 Å². The molecule has 2 aliphatic rings. The first-order valence-electron chi connectivity index (χ1n) is 5.81. The number of hydrogen-bond donors (Lipinski definition) is 2. The molecule has 0 aromatic rings. The molecule has 2 heterocycles. The number of hydrogen-bond acceptors (Lipinski definition) is 7. The second-order valence-electron chi connectivity index (χ2n) is 4.89. The lowest BCUT2D eigenvalue weighted by Gasteiger charge is -2.27. The third-order valence-corrected chi connectivity index (χ3v) is 2.90. The molecule has 2 saturated heterocycles. The maximum absolute atomic E-state index is 11.1. The monoisotopic (exact) mass is 262 g/mol. The van der Waals surface area contributed by atoms with Gasteiger partial charge in [-0.25, -0.2) is 0 Å². The van der Waals surface area contributed by atoms with Crippen LogP contribution in [0.25, 0.3) is 0 Å². The van der Waals surface area contributed by atoms with E-state index in [1.165, 1.54) is 6.92 Å². The summed E-state index contributed by atoms with van der Waals surface area (Å²) in [4.78, 5) is 11.1. The Hall–Kier alpha value is -0.730. The maximum atomic E-state index is 11.1. The zero-order valence-corrected chi connectivity index (χ0v) is 10.5. The van der Waals surface area contributed by atoms with Crippen LogP contribution in [0, 0.1) is 0 Å². The van der Waals surface area contributed by atoms with E-state index in [1.807, 2.05) is 0 Å². The van der Waals surface area contributed by atoms with Gasteiger partial charge in [-0.1, -0.05) is 0 Å². The van der Waals surface area contributed by atoms with Crippen LogP contribution in [0.3, 0.4) is 0 Å². The van der Waals surface area contributed by atoms with Crippen LogP contribution < -0.4 is 0 Å². The van der Waals surface area contributed by atoms with E-state index >= 15 is 0 Å². The molecule has 5 atom stereocenters. The first-order valence-corrected chi connectivity index (χ1v) is 5.81. The molecule has 2 aliphatic heterocycles. The minimum Gasteiger partial charge on any atom is -0.457 e. The lowest BCUT2D eigenvalue weighted by Crippen LogP contribution is -2.44. The molecule has 2 fully saturated rings. The SMILES string of the molecule is CC(=O)O[C@H]1[C@@H]2OC(C)(C)O[C@H]2O[C@H]1[C@H](O)CO. The van der Waals surface area contributed by atoms with Gasteiger partial charge in [-0.2, -0.15) is 0 Å². The van der Waals surface area contributed by atoms with Crippen molar-refractivity contribution in [2.75, 3.05) is 6.61 Å². The van der Waals surface area contributed by atoms with Gasteiger partial charge in [-0.15, -0.1) is 0 Å². The third kappa shape index (κ3) is 2.50. The number of aliphatic hydroxyl groups excluding tert-OH is 2. The number of carbonyl (C=O) groups is 1. The van der Waals surface area contributed by atoms with Crippen molar-refractivity contribution in [3.63, 3.8) is 0 Å². The van der Waals surface area contributed by atoms with Gasteiger partial charge in [-0.3, -0.25) is 4.79 Å². The predicted octanol–water partition coefficient (Wildman–Crippen LogP) is -0.852. The summed E-state index contributed by atoms with van der Waals surface area (Å²) in [5.41, 5.74) is 0. The third-order valence-electron chi connectivity index (χ3n) is 2.90. The molecule has 2 rings (SSSR count). The van der Waals surface area contributed by atoms with Crippen molar-refractivity contribution in [3.8, 4) is 0 Å². The highest BCUT2D eigenvalue weighted by Gasteiger charge is 2.57. The van der Waals surface area contributed by atoms with Crippen molar-refractivity contribution in [2.45, 2.75) is 57.3 Å². The zero-order valence-electron chi connectivity index (χ0n) is 10.5. The fraction of sp³-hybridized carbons (Fsp3) is 0.909. The second-order valence-corrected chi connectivity index (χ2v) is 4.89. The molecule has 0 amide bonds. The molecule has 0 spiro atoms. The van der Waals surface area contributed by atoms with Gasteiger partial charge in [0.15, 0.2) is 24.3 Å². The molecule has 0 aromatic carbocycles. The molecular formula is C11H18O7. The maximum Gasteiger partial charge on any atom is 0.303 e. The van der Waals surface area contributed by atoms with Gasteiger partial charge in [-0.05, 0) is 13.8 Å². The second kappa shape index (κ2) is 4.75. The minimum atomic E-state index is -1.16. The van der Waals surface area contributed by atoms with Gasteiger partial charge in [0.2, 0.25) is 0 Å². The van der Waals surface area contributed by atoms with E-state index in [0.717, 1.165) is 0 Å². The summed E-state index contributed by atoms with van der Waals surface area (Å²) >= 11 is 0. The van der Waals surface area contributed by atoms with Gasteiger partial charge in [0.1, 0.15) is 12.2 Å². The van der Waals surface area contributed by atoms with Gasteiger partial charge < -0.3 is 29.2 Å². The van der Waals surface area contributed by atoms with Crippen molar-refractivity contribution < 1.29 is 34.0 Å². The molecule has 7 nitrogen and oxygen atoms in total. The molecule has 104 valence electrons. The predicted molar refractivity (Wildman–Crippen MR) is 57.3 cm³/mol. The number of esters is 1. The lowest BCUT2D eigenvalue weighted by atomic mass is 10.1. The molecule has 0 unspecified atom stereocenters. The van der Waals surface area contributed by atoms with Crippen molar-refractivity contribution in [2.24, 2.45) is 0 Å². The molecule has 7 heteroatoms. The number of rotatable bonds is 3. The summed E-state index contributed by atoms with van der Waals surface area (Å²) in [6.45, 7) is 4.20. The van der Waals surface area contributed by atoms with E-state index in [9.17, 15) is 9.90 Å². The summed E-state index contributed by atoms with van der Waals surface area (Å²) in [7, 11) is 0. The fourth-order valence-corrected chi connectivity index (χ4v) is 2.24. The van der Waals surface area contributed by atoms with Crippen molar-refractivity contribution in [3.05, 3.63) is 0 Å². The number of aliphatic hydroxyl groups is 2. The van der Waals surface area contributed by atoms with Crippen LogP contribution in [0.4, 0.5) is 0 Å². The van der Waals surface area contributed by atoms with Crippen LogP contribution >= 0.6 is 0 Å².